The number of sulfonamides is 1. The van der Waals surface area contributed by atoms with Gasteiger partial charge < -0.3 is 4.90 Å². The quantitative estimate of drug-likeness (QED) is 0.847. The lowest BCUT2D eigenvalue weighted by molar-refractivity contribution is -0.137. The second kappa shape index (κ2) is 7.53. The number of amides is 1. The van der Waals surface area contributed by atoms with Crippen LogP contribution in [0, 0.1) is 11.8 Å². The summed E-state index contributed by atoms with van der Waals surface area (Å²) in [5, 5.41) is 0. The van der Waals surface area contributed by atoms with Crippen molar-refractivity contribution in [3.05, 3.63) is 35.9 Å². The predicted molar refractivity (Wildman–Crippen MR) is 105 cm³/mol. The molecule has 0 aliphatic carbocycles. The lowest BCUT2D eigenvalue weighted by atomic mass is 9.74. The first-order chi connectivity index (χ1) is 12.9. The maximum atomic E-state index is 12.5. The Balaban J connectivity index is 1.46. The van der Waals surface area contributed by atoms with Crippen molar-refractivity contribution in [2.75, 3.05) is 32.4 Å². The van der Waals surface area contributed by atoms with Crippen molar-refractivity contribution in [1.82, 2.24) is 14.5 Å². The van der Waals surface area contributed by atoms with Crippen LogP contribution in [0.15, 0.2) is 30.3 Å². The van der Waals surface area contributed by atoms with E-state index in [2.05, 4.69) is 40.0 Å². The minimum absolute atomic E-state index is 0.0982. The molecule has 1 aromatic carbocycles. The zero-order chi connectivity index (χ0) is 19.0. The molecule has 1 amide bonds. The number of nitrogens with one attached hydrogen (secondary N) is 1. The third kappa shape index (κ3) is 4.20. The predicted octanol–water partition coefficient (Wildman–Crippen LogP) is 1.61. The fourth-order valence-electron chi connectivity index (χ4n) is 5.35. The van der Waals surface area contributed by atoms with Gasteiger partial charge in [-0.05, 0) is 43.1 Å². The zero-order valence-electron chi connectivity index (χ0n) is 15.9. The van der Waals surface area contributed by atoms with E-state index in [4.69, 9.17) is 0 Å². The summed E-state index contributed by atoms with van der Waals surface area (Å²) in [4.78, 5) is 17.1. The van der Waals surface area contributed by atoms with Crippen LogP contribution in [0.3, 0.4) is 0 Å². The summed E-state index contributed by atoms with van der Waals surface area (Å²) in [6, 6.07) is 11.8. The first-order valence-electron chi connectivity index (χ1n) is 9.94. The third-order valence-electron chi connectivity index (χ3n) is 6.41. The monoisotopic (exact) mass is 391 g/mol. The van der Waals surface area contributed by atoms with Gasteiger partial charge in [-0.2, -0.15) is 0 Å². The van der Waals surface area contributed by atoms with Crippen LogP contribution in [0.4, 0.5) is 0 Å². The van der Waals surface area contributed by atoms with Crippen molar-refractivity contribution in [2.24, 2.45) is 11.8 Å². The third-order valence-corrected chi connectivity index (χ3v) is 7.08. The minimum atomic E-state index is -3.34. The van der Waals surface area contributed by atoms with Gasteiger partial charge in [-0.1, -0.05) is 30.3 Å². The Morgan fingerprint density at radius 2 is 1.93 bits per heavy atom. The summed E-state index contributed by atoms with van der Waals surface area (Å²) in [5.41, 5.74) is 1.41. The second-order valence-electron chi connectivity index (χ2n) is 8.38. The number of carbonyl (C=O) groups excluding carboxylic acids is 1. The van der Waals surface area contributed by atoms with E-state index in [-0.39, 0.29) is 12.5 Å². The molecule has 1 aromatic rings. The van der Waals surface area contributed by atoms with Crippen LogP contribution in [0.1, 0.15) is 37.3 Å². The fourth-order valence-corrected chi connectivity index (χ4v) is 5.74. The van der Waals surface area contributed by atoms with Crippen molar-refractivity contribution in [3.63, 3.8) is 0 Å². The van der Waals surface area contributed by atoms with Crippen molar-refractivity contribution in [1.29, 1.82) is 0 Å². The molecule has 0 saturated carbocycles. The van der Waals surface area contributed by atoms with E-state index >= 15 is 0 Å². The average molecular weight is 392 g/mol. The maximum absolute atomic E-state index is 12.5. The number of nitrogens with zero attached hydrogens (tertiary/aromatic N) is 2. The molecule has 27 heavy (non-hydrogen) atoms. The van der Waals surface area contributed by atoms with Crippen LogP contribution in [0.5, 0.6) is 0 Å². The number of benzene rings is 1. The molecule has 0 unspecified atom stereocenters. The summed E-state index contributed by atoms with van der Waals surface area (Å²) in [6.07, 6.45) is 5.91. The SMILES string of the molecule is CS(=O)(=O)NCC(=O)N1C[C@@H]2C[C@H](C1)[C@@H]1CCC[C@H](c3ccccc3)N1C2. The molecule has 3 heterocycles. The molecule has 3 aliphatic heterocycles. The molecular formula is C20H29N3O3S. The smallest absolute Gasteiger partial charge is 0.237 e. The van der Waals surface area contributed by atoms with E-state index in [0.717, 1.165) is 25.9 Å². The highest BCUT2D eigenvalue weighted by Gasteiger charge is 2.45. The van der Waals surface area contributed by atoms with Gasteiger partial charge in [0.15, 0.2) is 0 Å². The van der Waals surface area contributed by atoms with Crippen LogP contribution < -0.4 is 4.72 Å². The van der Waals surface area contributed by atoms with Crippen molar-refractivity contribution in [2.45, 2.75) is 37.8 Å². The van der Waals surface area contributed by atoms with Gasteiger partial charge in [-0.25, -0.2) is 13.1 Å². The van der Waals surface area contributed by atoms with Gasteiger partial charge >= 0.3 is 0 Å². The number of carbonyl (C=O) groups is 1. The normalized spacial score (nSPS) is 31.4. The Hall–Kier alpha value is -1.44. The summed E-state index contributed by atoms with van der Waals surface area (Å²) < 4.78 is 24.9. The van der Waals surface area contributed by atoms with Gasteiger partial charge in [0.2, 0.25) is 15.9 Å². The lowest BCUT2D eigenvalue weighted by Gasteiger charge is -2.55. The Morgan fingerprint density at radius 1 is 1.15 bits per heavy atom. The summed E-state index contributed by atoms with van der Waals surface area (Å²) in [5.74, 6) is 0.872. The number of rotatable bonds is 4. The summed E-state index contributed by atoms with van der Waals surface area (Å²) in [7, 11) is -3.34. The van der Waals surface area contributed by atoms with Gasteiger partial charge in [0.1, 0.15) is 0 Å². The van der Waals surface area contributed by atoms with Crippen LogP contribution in [0.25, 0.3) is 0 Å². The van der Waals surface area contributed by atoms with Crippen LogP contribution in [-0.4, -0.2) is 62.6 Å². The van der Waals surface area contributed by atoms with E-state index in [1.165, 1.54) is 31.2 Å². The minimum Gasteiger partial charge on any atom is -0.341 e. The number of hydrogen-bond acceptors (Lipinski definition) is 4. The molecule has 3 aliphatic rings. The van der Waals surface area contributed by atoms with Gasteiger partial charge in [0.25, 0.3) is 0 Å². The Labute approximate surface area is 162 Å². The molecule has 3 saturated heterocycles. The molecule has 3 fully saturated rings. The van der Waals surface area contributed by atoms with Crippen LogP contribution in [0.2, 0.25) is 0 Å². The average Bonchev–Trinajstić information content (AvgIpc) is 2.65. The van der Waals surface area contributed by atoms with Gasteiger partial charge in [-0.3, -0.25) is 9.69 Å². The standard InChI is InChI=1S/C20H29N3O3S/c1-27(25,26)21-11-20(24)22-12-15-10-17(14-22)19-9-5-8-18(23(19)13-15)16-6-3-2-4-7-16/h2-4,6-7,15,17-19,21H,5,8-14H2,1H3/t15-,17+,18+,19-/m0/s1. The molecule has 1 N–H and O–H groups in total. The zero-order valence-corrected chi connectivity index (χ0v) is 16.7. The highest BCUT2D eigenvalue weighted by molar-refractivity contribution is 7.88. The lowest BCUT2D eigenvalue weighted by Crippen LogP contribution is -2.61. The van der Waals surface area contributed by atoms with Gasteiger partial charge in [-0.15, -0.1) is 0 Å². The van der Waals surface area contributed by atoms with Crippen LogP contribution in [-0.2, 0) is 14.8 Å². The molecule has 2 bridgehead atoms. The molecule has 0 radical (unpaired) electrons. The van der Waals surface area contributed by atoms with E-state index in [0.29, 0.717) is 23.9 Å². The fraction of sp³-hybridized carbons (Fsp3) is 0.650. The van der Waals surface area contributed by atoms with Crippen molar-refractivity contribution in [3.8, 4) is 0 Å². The summed E-state index contributed by atoms with van der Waals surface area (Å²) in [6.45, 7) is 2.40. The van der Waals surface area contributed by atoms with Gasteiger partial charge in [0, 0.05) is 31.7 Å². The largest absolute Gasteiger partial charge is 0.341 e. The van der Waals surface area contributed by atoms with E-state index in [9.17, 15) is 13.2 Å². The van der Waals surface area contributed by atoms with E-state index in [1.807, 2.05) is 4.90 Å². The number of hydrogen-bond donors (Lipinski definition) is 1. The van der Waals surface area contributed by atoms with Gasteiger partial charge in [0.05, 0.1) is 12.8 Å². The van der Waals surface area contributed by atoms with Crippen LogP contribution >= 0.6 is 0 Å². The van der Waals surface area contributed by atoms with Crippen molar-refractivity contribution >= 4 is 15.9 Å². The number of fused-ring (bicyclic) bond motifs is 4. The summed E-state index contributed by atoms with van der Waals surface area (Å²) >= 11 is 0. The van der Waals surface area contributed by atoms with E-state index < -0.39 is 10.0 Å². The maximum Gasteiger partial charge on any atom is 0.237 e. The Kier molecular flexibility index (Phi) is 5.27. The topological polar surface area (TPSA) is 69.7 Å². The number of likely N-dealkylation sites (tertiary alicyclic amines) is 1. The number of piperidine rings is 3. The highest BCUT2D eigenvalue weighted by atomic mass is 32.2. The molecule has 4 atom stereocenters. The second-order valence-corrected chi connectivity index (χ2v) is 10.2. The molecule has 6 nitrogen and oxygen atoms in total. The molecule has 0 aromatic heterocycles. The molecule has 148 valence electrons. The highest BCUT2D eigenvalue weighted by Crippen LogP contribution is 2.44. The molecule has 4 rings (SSSR count). The Bertz CT molecular complexity index is 783. The molecule has 7 heteroatoms. The molecule has 0 spiro atoms. The Morgan fingerprint density at radius 3 is 2.67 bits per heavy atom. The molecular weight excluding hydrogens is 362 g/mol. The van der Waals surface area contributed by atoms with Crippen molar-refractivity contribution < 1.29 is 13.2 Å². The first kappa shape index (κ1) is 18.9. The van der Waals surface area contributed by atoms with E-state index in [1.54, 1.807) is 0 Å². The first-order valence-corrected chi connectivity index (χ1v) is 11.8.